The zero-order chi connectivity index (χ0) is 13.4. The summed E-state index contributed by atoms with van der Waals surface area (Å²) in [5, 5.41) is 0. The lowest BCUT2D eigenvalue weighted by Gasteiger charge is -2.30. The molecule has 0 radical (unpaired) electrons. The first-order valence-corrected chi connectivity index (χ1v) is 11.7. The average molecular weight is 277 g/mol. The van der Waals surface area contributed by atoms with Crippen molar-refractivity contribution in [1.82, 2.24) is 0 Å². The normalized spacial score (nSPS) is 12.8. The maximum atomic E-state index is 5.86. The Hall–Kier alpha value is 0.0538. The number of hydrogen-bond donors (Lipinski definition) is 0. The molecule has 5 heteroatoms. The van der Waals surface area contributed by atoms with Gasteiger partial charge in [-0.15, -0.1) is 6.58 Å². The molecule has 0 aliphatic heterocycles. The van der Waals surface area contributed by atoms with Gasteiger partial charge in [0.05, 0.1) is 0 Å². The molecule has 0 bridgehead atoms. The first-order valence-electron chi connectivity index (χ1n) is 6.50. The summed E-state index contributed by atoms with van der Waals surface area (Å²) in [7, 11) is -3.75. The Bertz CT molecular complexity index is 214. The molecule has 0 atom stereocenters. The zero-order valence-corrected chi connectivity index (χ0v) is 14.0. The largest absolute Gasteiger partial charge is 0.418 e. The van der Waals surface area contributed by atoms with Crippen molar-refractivity contribution in [2.75, 3.05) is 19.8 Å². The Kier molecular flexibility index (Phi) is 8.23. The minimum atomic E-state index is -2.19. The van der Waals surface area contributed by atoms with Crippen LogP contribution in [0.3, 0.4) is 0 Å². The van der Waals surface area contributed by atoms with Crippen LogP contribution in [-0.4, -0.2) is 36.7 Å². The van der Waals surface area contributed by atoms with Gasteiger partial charge in [-0.2, -0.15) is 0 Å². The summed E-state index contributed by atoms with van der Waals surface area (Å²) in [4.78, 5) is 0. The molecule has 0 fully saturated rings. The molecule has 0 unspecified atom stereocenters. The van der Waals surface area contributed by atoms with Crippen LogP contribution >= 0.6 is 0 Å². The molecule has 0 spiro atoms. The van der Waals surface area contributed by atoms with E-state index in [9.17, 15) is 0 Å². The van der Waals surface area contributed by atoms with Gasteiger partial charge >= 0.3 is 8.56 Å². The van der Waals surface area contributed by atoms with Gasteiger partial charge in [-0.25, -0.2) is 0 Å². The van der Waals surface area contributed by atoms with E-state index in [0.29, 0.717) is 13.2 Å². The molecule has 0 aromatic heterocycles. The average Bonchev–Trinajstić information content (AvgIpc) is 2.27. The first-order chi connectivity index (χ1) is 7.95. The van der Waals surface area contributed by atoms with Gasteiger partial charge in [-0.05, 0) is 51.7 Å². The summed E-state index contributed by atoms with van der Waals surface area (Å²) in [5.74, 6) is 0. The molecule has 0 N–H and O–H groups in total. The highest BCUT2D eigenvalue weighted by Crippen LogP contribution is 2.24. The lowest BCUT2D eigenvalue weighted by molar-refractivity contribution is 0.195. The van der Waals surface area contributed by atoms with Crippen LogP contribution in [0.15, 0.2) is 12.3 Å². The third-order valence-electron chi connectivity index (χ3n) is 2.70. The highest BCUT2D eigenvalue weighted by atomic mass is 28.4. The molecule has 0 aliphatic rings. The van der Waals surface area contributed by atoms with E-state index in [-0.39, 0.29) is 0 Å². The Balaban J connectivity index is 4.47. The highest BCUT2D eigenvalue weighted by Gasteiger charge is 2.36. The smallest absolute Gasteiger partial charge is 0.364 e. The van der Waals surface area contributed by atoms with Crippen LogP contribution in [0.25, 0.3) is 0 Å². The Morgan fingerprint density at radius 3 is 1.71 bits per heavy atom. The van der Waals surface area contributed by atoms with Crippen molar-refractivity contribution >= 4 is 16.9 Å². The van der Waals surface area contributed by atoms with Crippen molar-refractivity contribution in [1.29, 1.82) is 0 Å². The van der Waals surface area contributed by atoms with Crippen molar-refractivity contribution in [3.05, 3.63) is 12.3 Å². The fourth-order valence-electron chi connectivity index (χ4n) is 1.83. The van der Waals surface area contributed by atoms with E-state index in [1.807, 2.05) is 19.5 Å². The molecule has 0 saturated carbocycles. The van der Waals surface area contributed by atoms with Crippen LogP contribution in [-0.2, 0) is 13.3 Å². The van der Waals surface area contributed by atoms with E-state index < -0.39 is 16.9 Å². The van der Waals surface area contributed by atoms with Gasteiger partial charge in [0.1, 0.15) is 0 Å². The summed E-state index contributed by atoms with van der Waals surface area (Å²) in [5.41, 5.74) is 1.91. The quantitative estimate of drug-likeness (QED) is 0.572. The van der Waals surface area contributed by atoms with Crippen LogP contribution in [0.5, 0.6) is 0 Å². The molecule has 0 saturated heterocycles. The molecule has 0 rings (SSSR count). The second-order valence-electron chi connectivity index (χ2n) is 4.57. The summed E-state index contributed by atoms with van der Waals surface area (Å²) in [6.45, 7) is 16.6. The van der Waals surface area contributed by atoms with E-state index in [1.165, 1.54) is 0 Å². The lowest BCUT2D eigenvalue weighted by atomic mass is 10.9. The van der Waals surface area contributed by atoms with Gasteiger partial charge in [-0.1, -0.05) is 0 Å². The predicted molar refractivity (Wildman–Crippen MR) is 77.9 cm³/mol. The van der Waals surface area contributed by atoms with E-state index in [4.69, 9.17) is 13.3 Å². The standard InChI is InChI=1S/C12H28O3Si2/c1-7-13-16(5,6)11-12-17(10-4,14-8-2)15-9-3/h10H,4,7-9,11-12H2,1-3,5-6H3. The summed E-state index contributed by atoms with van der Waals surface area (Å²) < 4.78 is 17.6. The van der Waals surface area contributed by atoms with Crippen LogP contribution < -0.4 is 0 Å². The SMILES string of the molecule is C=C[Si](CC[Si](C)(C)OCC)(OCC)OCC. The van der Waals surface area contributed by atoms with Crippen LogP contribution in [0.2, 0.25) is 25.2 Å². The van der Waals surface area contributed by atoms with Gasteiger partial charge < -0.3 is 13.3 Å². The van der Waals surface area contributed by atoms with E-state index in [0.717, 1.165) is 18.7 Å². The van der Waals surface area contributed by atoms with Crippen LogP contribution in [0.1, 0.15) is 20.8 Å². The second kappa shape index (κ2) is 8.21. The van der Waals surface area contributed by atoms with Crippen molar-refractivity contribution in [2.24, 2.45) is 0 Å². The summed E-state index contributed by atoms with van der Waals surface area (Å²) in [6.07, 6.45) is 0. The number of rotatable bonds is 10. The first kappa shape index (κ1) is 17.1. The summed E-state index contributed by atoms with van der Waals surface area (Å²) in [6, 6.07) is 2.02. The molecule has 0 aromatic carbocycles. The van der Waals surface area contributed by atoms with Gasteiger partial charge in [-0.3, -0.25) is 0 Å². The third kappa shape index (κ3) is 6.52. The van der Waals surface area contributed by atoms with Crippen molar-refractivity contribution in [2.45, 2.75) is 46.0 Å². The minimum absolute atomic E-state index is 0.689. The zero-order valence-electron chi connectivity index (χ0n) is 12.0. The molecule has 0 amide bonds. The Morgan fingerprint density at radius 2 is 1.35 bits per heavy atom. The van der Waals surface area contributed by atoms with Crippen molar-refractivity contribution < 1.29 is 13.3 Å². The molecule has 17 heavy (non-hydrogen) atoms. The molecular formula is C12H28O3Si2. The maximum absolute atomic E-state index is 5.86. The Labute approximate surface area is 109 Å². The summed E-state index contributed by atoms with van der Waals surface area (Å²) >= 11 is 0. The molecular weight excluding hydrogens is 248 g/mol. The van der Waals surface area contributed by atoms with E-state index in [1.54, 1.807) is 0 Å². The molecule has 0 heterocycles. The van der Waals surface area contributed by atoms with Crippen molar-refractivity contribution in [3.8, 4) is 0 Å². The lowest BCUT2D eigenvalue weighted by Crippen LogP contribution is -2.43. The van der Waals surface area contributed by atoms with E-state index >= 15 is 0 Å². The third-order valence-corrected chi connectivity index (χ3v) is 8.85. The van der Waals surface area contributed by atoms with Gasteiger partial charge in [0.15, 0.2) is 8.32 Å². The fraction of sp³-hybridized carbons (Fsp3) is 0.833. The molecule has 0 aliphatic carbocycles. The van der Waals surface area contributed by atoms with E-state index in [2.05, 4.69) is 26.6 Å². The maximum Gasteiger partial charge on any atom is 0.364 e. The molecule has 3 nitrogen and oxygen atoms in total. The van der Waals surface area contributed by atoms with Gasteiger partial charge in [0, 0.05) is 19.8 Å². The van der Waals surface area contributed by atoms with Gasteiger partial charge in [0.2, 0.25) is 0 Å². The Morgan fingerprint density at radius 1 is 0.882 bits per heavy atom. The fourth-order valence-corrected chi connectivity index (χ4v) is 8.35. The second-order valence-corrected chi connectivity index (χ2v) is 12.0. The molecule has 102 valence electrons. The van der Waals surface area contributed by atoms with Crippen LogP contribution in [0.4, 0.5) is 0 Å². The molecule has 0 aromatic rings. The van der Waals surface area contributed by atoms with Crippen LogP contribution in [0, 0.1) is 0 Å². The topological polar surface area (TPSA) is 27.7 Å². The highest BCUT2D eigenvalue weighted by molar-refractivity contribution is 6.77. The number of hydrogen-bond acceptors (Lipinski definition) is 3. The van der Waals surface area contributed by atoms with Crippen molar-refractivity contribution in [3.63, 3.8) is 0 Å². The predicted octanol–water partition coefficient (Wildman–Crippen LogP) is 3.47. The monoisotopic (exact) mass is 276 g/mol. The minimum Gasteiger partial charge on any atom is -0.418 e. The van der Waals surface area contributed by atoms with Gasteiger partial charge in [0.25, 0.3) is 0 Å².